The summed E-state index contributed by atoms with van der Waals surface area (Å²) in [6.45, 7) is 3.82. The number of fused-ring (bicyclic) bond motifs is 1. The quantitative estimate of drug-likeness (QED) is 0.326. The summed E-state index contributed by atoms with van der Waals surface area (Å²) in [6, 6.07) is 7.62. The van der Waals surface area contributed by atoms with Crippen molar-refractivity contribution in [2.24, 2.45) is 4.99 Å². The summed E-state index contributed by atoms with van der Waals surface area (Å²) >= 11 is 0. The topological polar surface area (TPSA) is 96.6 Å². The lowest BCUT2D eigenvalue weighted by atomic mass is 10.1. The monoisotopic (exact) mass is 486 g/mol. The number of guanidine groups is 1. The Hall–Kier alpha value is -1.88. The molecule has 0 aliphatic carbocycles. The van der Waals surface area contributed by atoms with E-state index in [0.717, 1.165) is 43.1 Å². The average Bonchev–Trinajstić information content (AvgIpc) is 3.14. The number of aliphatic hydroxyl groups excluding tert-OH is 1. The van der Waals surface area contributed by atoms with Crippen molar-refractivity contribution in [1.82, 2.24) is 25.4 Å². The SMILES string of the molecule is CCNC(=NCC(O)c1ccc(OC)cc1)NC1CCc2ncnn2C1.I. The highest BCUT2D eigenvalue weighted by molar-refractivity contribution is 14.0. The van der Waals surface area contributed by atoms with Crippen molar-refractivity contribution >= 4 is 29.9 Å². The zero-order valence-electron chi connectivity index (χ0n) is 15.6. The van der Waals surface area contributed by atoms with Crippen LogP contribution in [0.15, 0.2) is 35.6 Å². The van der Waals surface area contributed by atoms with Crippen molar-refractivity contribution in [1.29, 1.82) is 0 Å². The van der Waals surface area contributed by atoms with E-state index in [0.29, 0.717) is 5.96 Å². The second kappa shape index (κ2) is 10.5. The van der Waals surface area contributed by atoms with Crippen molar-refractivity contribution in [2.45, 2.75) is 38.5 Å². The lowest BCUT2D eigenvalue weighted by Crippen LogP contribution is -2.47. The van der Waals surface area contributed by atoms with Gasteiger partial charge in [0, 0.05) is 19.0 Å². The minimum Gasteiger partial charge on any atom is -0.497 e. The lowest BCUT2D eigenvalue weighted by Gasteiger charge is -2.25. The largest absolute Gasteiger partial charge is 0.497 e. The average molecular weight is 486 g/mol. The first-order valence-electron chi connectivity index (χ1n) is 8.93. The Kier molecular flexibility index (Phi) is 8.29. The van der Waals surface area contributed by atoms with Gasteiger partial charge in [-0.15, -0.1) is 24.0 Å². The molecule has 27 heavy (non-hydrogen) atoms. The van der Waals surface area contributed by atoms with Gasteiger partial charge in [-0.1, -0.05) is 12.1 Å². The van der Waals surface area contributed by atoms with Crippen LogP contribution >= 0.6 is 24.0 Å². The second-order valence-electron chi connectivity index (χ2n) is 6.25. The third kappa shape index (κ3) is 5.80. The molecule has 0 fully saturated rings. The number of aliphatic imine (C=N–C) groups is 1. The summed E-state index contributed by atoms with van der Waals surface area (Å²) in [5, 5.41) is 21.3. The zero-order chi connectivity index (χ0) is 18.4. The van der Waals surface area contributed by atoms with Crippen LogP contribution in [0.4, 0.5) is 0 Å². The molecule has 9 heteroatoms. The van der Waals surface area contributed by atoms with E-state index in [1.807, 2.05) is 35.9 Å². The van der Waals surface area contributed by atoms with Gasteiger partial charge in [0.1, 0.15) is 17.9 Å². The number of benzene rings is 1. The fourth-order valence-electron chi connectivity index (χ4n) is 2.98. The normalized spacial score (nSPS) is 17.4. The predicted octanol–water partition coefficient (Wildman–Crippen LogP) is 1.51. The maximum Gasteiger partial charge on any atom is 0.191 e. The van der Waals surface area contributed by atoms with Gasteiger partial charge >= 0.3 is 0 Å². The summed E-state index contributed by atoms with van der Waals surface area (Å²) in [6.07, 6.45) is 2.81. The Balaban J connectivity index is 0.00000261. The molecular weight excluding hydrogens is 459 g/mol. The minimum atomic E-state index is -0.662. The molecule has 3 N–H and O–H groups in total. The number of aryl methyl sites for hydroxylation is 1. The maximum atomic E-state index is 10.4. The molecule has 148 valence electrons. The molecule has 3 rings (SSSR count). The van der Waals surface area contributed by atoms with Gasteiger partial charge in [-0.3, -0.25) is 4.99 Å². The first kappa shape index (κ1) is 21.4. The Morgan fingerprint density at radius 3 is 2.89 bits per heavy atom. The number of methoxy groups -OCH3 is 1. The van der Waals surface area contributed by atoms with Gasteiger partial charge in [0.2, 0.25) is 0 Å². The molecule has 0 spiro atoms. The number of rotatable bonds is 6. The Labute approximate surface area is 176 Å². The molecule has 0 radical (unpaired) electrons. The number of halogens is 1. The highest BCUT2D eigenvalue weighted by Gasteiger charge is 2.20. The van der Waals surface area contributed by atoms with Gasteiger partial charge < -0.3 is 20.5 Å². The molecule has 1 aromatic heterocycles. The first-order chi connectivity index (χ1) is 12.7. The molecule has 8 nitrogen and oxygen atoms in total. The number of hydrogen-bond donors (Lipinski definition) is 3. The van der Waals surface area contributed by atoms with Gasteiger partial charge in [-0.2, -0.15) is 5.10 Å². The summed E-state index contributed by atoms with van der Waals surface area (Å²) in [5.41, 5.74) is 0.815. The van der Waals surface area contributed by atoms with Crippen LogP contribution in [0.3, 0.4) is 0 Å². The van der Waals surface area contributed by atoms with Crippen LogP contribution in [0.2, 0.25) is 0 Å². The summed E-state index contributed by atoms with van der Waals surface area (Å²) in [4.78, 5) is 8.79. The predicted molar refractivity (Wildman–Crippen MR) is 115 cm³/mol. The van der Waals surface area contributed by atoms with E-state index in [2.05, 4.69) is 25.7 Å². The third-order valence-corrected chi connectivity index (χ3v) is 4.41. The molecule has 2 unspecified atom stereocenters. The number of aromatic nitrogens is 3. The fourth-order valence-corrected chi connectivity index (χ4v) is 2.98. The Morgan fingerprint density at radius 2 is 2.19 bits per heavy atom. The third-order valence-electron chi connectivity index (χ3n) is 4.41. The van der Waals surface area contributed by atoms with Crippen molar-refractivity contribution < 1.29 is 9.84 Å². The molecule has 0 bridgehead atoms. The zero-order valence-corrected chi connectivity index (χ0v) is 18.0. The van der Waals surface area contributed by atoms with Crippen molar-refractivity contribution in [3.8, 4) is 5.75 Å². The maximum absolute atomic E-state index is 10.4. The lowest BCUT2D eigenvalue weighted by molar-refractivity contribution is 0.187. The van der Waals surface area contributed by atoms with Crippen molar-refractivity contribution in [3.05, 3.63) is 42.0 Å². The molecule has 1 aliphatic rings. The Morgan fingerprint density at radius 1 is 1.41 bits per heavy atom. The van der Waals surface area contributed by atoms with Gasteiger partial charge in [0.05, 0.1) is 26.3 Å². The van der Waals surface area contributed by atoms with Gasteiger partial charge in [-0.25, -0.2) is 9.67 Å². The van der Waals surface area contributed by atoms with Gasteiger partial charge in [-0.05, 0) is 31.0 Å². The summed E-state index contributed by atoms with van der Waals surface area (Å²) in [5.74, 6) is 2.50. The molecule has 2 heterocycles. The fraction of sp³-hybridized carbons (Fsp3) is 0.500. The Bertz CT molecular complexity index is 734. The molecule has 1 aromatic carbocycles. The van der Waals surface area contributed by atoms with Gasteiger partial charge in [0.25, 0.3) is 0 Å². The number of hydrogen-bond acceptors (Lipinski definition) is 5. The number of ether oxygens (including phenoxy) is 1. The highest BCUT2D eigenvalue weighted by Crippen LogP contribution is 2.18. The second-order valence-corrected chi connectivity index (χ2v) is 6.25. The first-order valence-corrected chi connectivity index (χ1v) is 8.93. The molecular formula is C18H27IN6O2. The molecule has 0 saturated heterocycles. The molecule has 1 aliphatic heterocycles. The van der Waals surface area contributed by atoms with Crippen LogP contribution in [-0.4, -0.2) is 52.1 Å². The van der Waals surface area contributed by atoms with E-state index in [9.17, 15) is 5.11 Å². The standard InChI is InChI=1S/C18H26N6O2.HI/c1-3-19-18(23-14-6-9-17-21-12-22-24(17)11-14)20-10-16(25)13-4-7-15(26-2)8-5-13;/h4-5,7-8,12,14,16,25H,3,6,9-11H2,1-2H3,(H2,19,20,23);1H. The van der Waals surface area contributed by atoms with E-state index < -0.39 is 6.10 Å². The van der Waals surface area contributed by atoms with Crippen LogP contribution in [-0.2, 0) is 13.0 Å². The number of aliphatic hydroxyl groups is 1. The van der Waals surface area contributed by atoms with Gasteiger partial charge in [0.15, 0.2) is 5.96 Å². The highest BCUT2D eigenvalue weighted by atomic mass is 127. The van der Waals surface area contributed by atoms with Crippen LogP contribution in [0.5, 0.6) is 5.75 Å². The van der Waals surface area contributed by atoms with E-state index in [-0.39, 0.29) is 36.6 Å². The number of nitrogens with zero attached hydrogens (tertiary/aromatic N) is 4. The van der Waals surface area contributed by atoms with Crippen LogP contribution in [0.25, 0.3) is 0 Å². The number of nitrogens with one attached hydrogen (secondary N) is 2. The molecule has 0 saturated carbocycles. The van der Waals surface area contributed by atoms with Crippen molar-refractivity contribution in [2.75, 3.05) is 20.2 Å². The van der Waals surface area contributed by atoms with E-state index in [1.54, 1.807) is 13.4 Å². The van der Waals surface area contributed by atoms with Crippen molar-refractivity contribution in [3.63, 3.8) is 0 Å². The van der Waals surface area contributed by atoms with E-state index in [4.69, 9.17) is 4.74 Å². The smallest absolute Gasteiger partial charge is 0.191 e. The van der Waals surface area contributed by atoms with Crippen LogP contribution < -0.4 is 15.4 Å². The minimum absolute atomic E-state index is 0. The van der Waals surface area contributed by atoms with E-state index >= 15 is 0 Å². The van der Waals surface area contributed by atoms with Crippen LogP contribution in [0.1, 0.15) is 30.8 Å². The molecule has 2 aromatic rings. The van der Waals surface area contributed by atoms with Crippen LogP contribution in [0, 0.1) is 0 Å². The summed E-state index contributed by atoms with van der Waals surface area (Å²) < 4.78 is 7.07. The summed E-state index contributed by atoms with van der Waals surface area (Å²) in [7, 11) is 1.62. The molecule has 2 atom stereocenters. The molecule has 0 amide bonds. The van der Waals surface area contributed by atoms with E-state index in [1.165, 1.54) is 0 Å².